The van der Waals surface area contributed by atoms with Gasteiger partial charge in [0, 0.05) is 12.1 Å². The molecule has 1 unspecified atom stereocenters. The summed E-state index contributed by atoms with van der Waals surface area (Å²) < 4.78 is 0. The highest BCUT2D eigenvalue weighted by Gasteiger charge is 2.15. The minimum atomic E-state index is -0.512. The van der Waals surface area contributed by atoms with Gasteiger partial charge in [0.2, 0.25) is 0 Å². The topological polar surface area (TPSA) is 62.6 Å². The summed E-state index contributed by atoms with van der Waals surface area (Å²) in [6.07, 6.45) is 0. The van der Waals surface area contributed by atoms with Gasteiger partial charge in [-0.15, -0.1) is 0 Å². The monoisotopic (exact) mass is 380 g/mol. The van der Waals surface area contributed by atoms with Gasteiger partial charge < -0.3 is 10.2 Å². The van der Waals surface area contributed by atoms with Crippen molar-refractivity contribution in [1.29, 1.82) is 0 Å². The number of carbonyl (C=O) groups excluding carboxylic acids is 2. The van der Waals surface area contributed by atoms with E-state index in [2.05, 4.69) is 10.6 Å². The SMILES string of the molecule is C[NH+](CC(=O)NC(=O)NCc1ccccc1)Cc1cccc(Cl)c1Cl. The summed E-state index contributed by atoms with van der Waals surface area (Å²) >= 11 is 12.1. The Morgan fingerprint density at radius 3 is 2.48 bits per heavy atom. The maximum Gasteiger partial charge on any atom is 0.321 e. The molecule has 3 amide bonds. The van der Waals surface area contributed by atoms with E-state index in [1.54, 1.807) is 6.07 Å². The molecule has 0 heterocycles. The zero-order chi connectivity index (χ0) is 18.2. The third-order valence-corrected chi connectivity index (χ3v) is 4.39. The summed E-state index contributed by atoms with van der Waals surface area (Å²) in [4.78, 5) is 24.6. The molecule has 0 aliphatic rings. The molecule has 0 aliphatic heterocycles. The van der Waals surface area contributed by atoms with Crippen molar-refractivity contribution in [1.82, 2.24) is 10.6 Å². The molecule has 0 aromatic heterocycles. The van der Waals surface area contributed by atoms with Crippen LogP contribution in [0.2, 0.25) is 10.0 Å². The molecule has 0 saturated heterocycles. The third kappa shape index (κ3) is 6.38. The molecule has 1 atom stereocenters. The summed E-state index contributed by atoms with van der Waals surface area (Å²) in [7, 11) is 1.85. The first-order chi connectivity index (χ1) is 12.0. The van der Waals surface area contributed by atoms with Crippen molar-refractivity contribution in [3.8, 4) is 0 Å². The van der Waals surface area contributed by atoms with Gasteiger partial charge in [0.05, 0.1) is 17.1 Å². The lowest BCUT2D eigenvalue weighted by Crippen LogP contribution is -3.09. The van der Waals surface area contributed by atoms with Gasteiger partial charge in [0.25, 0.3) is 5.91 Å². The van der Waals surface area contributed by atoms with Crippen molar-refractivity contribution in [2.45, 2.75) is 13.1 Å². The van der Waals surface area contributed by atoms with Crippen LogP contribution in [-0.4, -0.2) is 25.5 Å². The molecule has 25 heavy (non-hydrogen) atoms. The molecule has 2 rings (SSSR count). The van der Waals surface area contributed by atoms with Crippen LogP contribution >= 0.6 is 23.2 Å². The summed E-state index contributed by atoms with van der Waals surface area (Å²) in [5, 5.41) is 5.95. The van der Waals surface area contributed by atoms with Crippen molar-refractivity contribution in [2.75, 3.05) is 13.6 Å². The van der Waals surface area contributed by atoms with Gasteiger partial charge in [-0.05, 0) is 11.6 Å². The molecule has 0 saturated carbocycles. The number of likely N-dealkylation sites (N-methyl/N-ethyl adjacent to an activating group) is 1. The summed E-state index contributed by atoms with van der Waals surface area (Å²) in [6.45, 7) is 1.03. The van der Waals surface area contributed by atoms with Gasteiger partial charge in [-0.25, -0.2) is 4.79 Å². The quantitative estimate of drug-likeness (QED) is 0.717. The highest BCUT2D eigenvalue weighted by molar-refractivity contribution is 6.42. The average Bonchev–Trinajstić information content (AvgIpc) is 2.58. The number of quaternary nitrogens is 1. The largest absolute Gasteiger partial charge is 0.334 e. The molecular weight excluding hydrogens is 361 g/mol. The van der Waals surface area contributed by atoms with Crippen LogP contribution in [0.4, 0.5) is 4.79 Å². The van der Waals surface area contributed by atoms with E-state index in [4.69, 9.17) is 23.2 Å². The number of rotatable bonds is 6. The number of halogens is 2. The Hall–Kier alpha value is -2.08. The van der Waals surface area contributed by atoms with Gasteiger partial charge in [0.15, 0.2) is 6.54 Å². The van der Waals surface area contributed by atoms with E-state index in [-0.39, 0.29) is 12.5 Å². The molecule has 132 valence electrons. The predicted molar refractivity (Wildman–Crippen MR) is 98.7 cm³/mol. The van der Waals surface area contributed by atoms with Gasteiger partial charge in [-0.3, -0.25) is 10.1 Å². The van der Waals surface area contributed by atoms with Crippen LogP contribution in [0.1, 0.15) is 11.1 Å². The van der Waals surface area contributed by atoms with E-state index in [9.17, 15) is 9.59 Å². The highest BCUT2D eigenvalue weighted by Crippen LogP contribution is 2.24. The Bertz CT molecular complexity index is 738. The van der Waals surface area contributed by atoms with Gasteiger partial charge >= 0.3 is 6.03 Å². The Balaban J connectivity index is 1.77. The average molecular weight is 381 g/mol. The number of hydrogen-bond donors (Lipinski definition) is 3. The van der Waals surface area contributed by atoms with E-state index >= 15 is 0 Å². The van der Waals surface area contributed by atoms with Crippen LogP contribution in [0.15, 0.2) is 48.5 Å². The zero-order valence-electron chi connectivity index (χ0n) is 13.8. The van der Waals surface area contributed by atoms with Crippen molar-refractivity contribution < 1.29 is 14.5 Å². The van der Waals surface area contributed by atoms with Gasteiger partial charge in [-0.1, -0.05) is 65.7 Å². The number of urea groups is 1. The molecule has 3 N–H and O–H groups in total. The molecule has 2 aromatic carbocycles. The van der Waals surface area contributed by atoms with E-state index in [0.29, 0.717) is 23.1 Å². The van der Waals surface area contributed by atoms with Crippen molar-refractivity contribution in [3.63, 3.8) is 0 Å². The molecule has 5 nitrogen and oxygen atoms in total. The smallest absolute Gasteiger partial charge is 0.321 e. The van der Waals surface area contributed by atoms with Crippen LogP contribution in [0.3, 0.4) is 0 Å². The first kappa shape index (κ1) is 19.2. The summed E-state index contributed by atoms with van der Waals surface area (Å²) in [5.74, 6) is -0.360. The van der Waals surface area contributed by atoms with Gasteiger partial charge in [-0.2, -0.15) is 0 Å². The van der Waals surface area contributed by atoms with E-state index < -0.39 is 6.03 Å². The first-order valence-corrected chi connectivity index (χ1v) is 8.57. The number of nitrogens with one attached hydrogen (secondary N) is 3. The van der Waals surface area contributed by atoms with Crippen LogP contribution < -0.4 is 15.5 Å². The Kier molecular flexibility index (Phi) is 7.25. The predicted octanol–water partition coefficient (Wildman–Crippen LogP) is 2.03. The van der Waals surface area contributed by atoms with Crippen LogP contribution in [0, 0.1) is 0 Å². The fraction of sp³-hybridized carbons (Fsp3) is 0.222. The standard InChI is InChI=1S/C18H19Cl2N3O2/c1-23(11-14-8-5-9-15(19)17(14)20)12-16(24)22-18(25)21-10-13-6-3-2-4-7-13/h2-9H,10-12H2,1H3,(H2,21,22,24,25)/p+1. The van der Waals surface area contributed by atoms with Crippen LogP contribution in [0.5, 0.6) is 0 Å². The molecule has 0 spiro atoms. The lowest BCUT2D eigenvalue weighted by molar-refractivity contribution is -0.885. The maximum atomic E-state index is 12.0. The number of benzene rings is 2. The number of hydrogen-bond acceptors (Lipinski definition) is 2. The molecule has 0 bridgehead atoms. The fourth-order valence-corrected chi connectivity index (χ4v) is 2.73. The number of amides is 3. The summed E-state index contributed by atoms with van der Waals surface area (Å²) in [5.41, 5.74) is 1.82. The minimum Gasteiger partial charge on any atom is -0.334 e. The molecule has 7 heteroatoms. The normalized spacial score (nSPS) is 11.6. The van der Waals surface area contributed by atoms with E-state index in [1.165, 1.54) is 0 Å². The van der Waals surface area contributed by atoms with Crippen molar-refractivity contribution >= 4 is 35.1 Å². The van der Waals surface area contributed by atoms with E-state index in [1.807, 2.05) is 49.5 Å². The molecule has 0 radical (unpaired) electrons. The second kappa shape index (κ2) is 9.42. The lowest BCUT2D eigenvalue weighted by Gasteiger charge is -2.15. The first-order valence-electron chi connectivity index (χ1n) is 7.81. The van der Waals surface area contributed by atoms with Crippen molar-refractivity contribution in [2.24, 2.45) is 0 Å². The third-order valence-electron chi connectivity index (χ3n) is 3.53. The van der Waals surface area contributed by atoms with Gasteiger partial charge in [0.1, 0.15) is 6.54 Å². The van der Waals surface area contributed by atoms with Crippen LogP contribution in [0.25, 0.3) is 0 Å². The van der Waals surface area contributed by atoms with Crippen LogP contribution in [-0.2, 0) is 17.9 Å². The minimum absolute atomic E-state index is 0.140. The Labute approximate surface area is 156 Å². The van der Waals surface area contributed by atoms with E-state index in [0.717, 1.165) is 16.0 Å². The Morgan fingerprint density at radius 2 is 1.76 bits per heavy atom. The molecular formula is C18H20Cl2N3O2+. The zero-order valence-corrected chi connectivity index (χ0v) is 15.3. The second-order valence-corrected chi connectivity index (χ2v) is 6.53. The van der Waals surface area contributed by atoms with Crippen molar-refractivity contribution in [3.05, 3.63) is 69.7 Å². The molecule has 2 aromatic rings. The molecule has 0 fully saturated rings. The maximum absolute atomic E-state index is 12.0. The summed E-state index contributed by atoms with van der Waals surface area (Å²) in [6, 6.07) is 14.4. The lowest BCUT2D eigenvalue weighted by atomic mass is 10.2. The second-order valence-electron chi connectivity index (χ2n) is 5.74. The molecule has 0 aliphatic carbocycles. The number of carbonyl (C=O) groups is 2. The highest BCUT2D eigenvalue weighted by atomic mass is 35.5. The fourth-order valence-electron chi connectivity index (χ4n) is 2.34. The Morgan fingerprint density at radius 1 is 1.04 bits per heavy atom. The number of imide groups is 1.